The number of hydrogen-bond acceptors (Lipinski definition) is 5. The normalized spacial score (nSPS) is 10.2. The van der Waals surface area contributed by atoms with Crippen LogP contribution in [-0.2, 0) is 5.75 Å². The molecular formula is C12H13N3OS. The number of rotatable bonds is 4. The Kier molecular flexibility index (Phi) is 3.82. The van der Waals surface area contributed by atoms with E-state index in [9.17, 15) is 0 Å². The van der Waals surface area contributed by atoms with E-state index in [1.807, 2.05) is 18.2 Å². The quantitative estimate of drug-likeness (QED) is 0.664. The molecule has 88 valence electrons. The molecule has 0 spiro atoms. The Balaban J connectivity index is 2.11. The second-order valence-electron chi connectivity index (χ2n) is 3.40. The van der Waals surface area contributed by atoms with Crippen LogP contribution >= 0.6 is 11.8 Å². The Hall–Kier alpha value is -1.75. The highest BCUT2D eigenvalue weighted by Crippen LogP contribution is 2.28. The maximum absolute atomic E-state index is 5.76. The van der Waals surface area contributed by atoms with Crippen LogP contribution in [0.2, 0.25) is 0 Å². The predicted molar refractivity (Wildman–Crippen MR) is 69.0 cm³/mol. The number of nitrogens with zero attached hydrogens (tertiary/aromatic N) is 2. The molecule has 2 N–H and O–H groups in total. The van der Waals surface area contributed by atoms with Crippen LogP contribution in [0.25, 0.3) is 0 Å². The monoisotopic (exact) mass is 247 g/mol. The summed E-state index contributed by atoms with van der Waals surface area (Å²) >= 11 is 1.60. The summed E-state index contributed by atoms with van der Waals surface area (Å²) in [6.45, 7) is 0. The van der Waals surface area contributed by atoms with Gasteiger partial charge < -0.3 is 10.5 Å². The molecule has 2 rings (SSSR count). The molecule has 5 heteroatoms. The van der Waals surface area contributed by atoms with E-state index in [1.54, 1.807) is 37.5 Å². The fourth-order valence-electron chi connectivity index (χ4n) is 1.42. The van der Waals surface area contributed by atoms with E-state index in [1.165, 1.54) is 0 Å². The molecule has 17 heavy (non-hydrogen) atoms. The zero-order chi connectivity index (χ0) is 12.1. The van der Waals surface area contributed by atoms with Gasteiger partial charge in [-0.25, -0.2) is 4.98 Å². The van der Waals surface area contributed by atoms with Crippen molar-refractivity contribution in [2.24, 2.45) is 0 Å². The van der Waals surface area contributed by atoms with Gasteiger partial charge in [-0.15, -0.1) is 0 Å². The van der Waals surface area contributed by atoms with Crippen molar-refractivity contribution in [3.8, 4) is 5.75 Å². The van der Waals surface area contributed by atoms with Crippen molar-refractivity contribution in [3.05, 3.63) is 42.4 Å². The zero-order valence-electron chi connectivity index (χ0n) is 9.46. The minimum absolute atomic E-state index is 0.737. The van der Waals surface area contributed by atoms with Crippen LogP contribution in [0.3, 0.4) is 0 Å². The Morgan fingerprint density at radius 2 is 2.24 bits per heavy atom. The second-order valence-corrected chi connectivity index (χ2v) is 4.40. The van der Waals surface area contributed by atoms with Gasteiger partial charge in [0.25, 0.3) is 0 Å². The molecule has 1 aromatic carbocycles. The largest absolute Gasteiger partial charge is 0.496 e. The lowest BCUT2D eigenvalue weighted by atomic mass is 10.2. The molecule has 1 aromatic heterocycles. The van der Waals surface area contributed by atoms with Crippen molar-refractivity contribution in [3.63, 3.8) is 0 Å². The molecule has 0 amide bonds. The molecule has 0 unspecified atom stereocenters. The van der Waals surface area contributed by atoms with Crippen LogP contribution in [0.4, 0.5) is 5.69 Å². The molecule has 4 nitrogen and oxygen atoms in total. The van der Waals surface area contributed by atoms with E-state index in [0.29, 0.717) is 0 Å². The summed E-state index contributed by atoms with van der Waals surface area (Å²) in [6, 6.07) is 5.62. The first-order valence-corrected chi connectivity index (χ1v) is 6.09. The number of benzene rings is 1. The number of nitrogen functional groups attached to an aromatic ring is 1. The maximum atomic E-state index is 5.76. The summed E-state index contributed by atoms with van der Waals surface area (Å²) in [5, 5.41) is 0.886. The molecule has 0 saturated heterocycles. The summed E-state index contributed by atoms with van der Waals surface area (Å²) in [5.74, 6) is 1.60. The smallest absolute Gasteiger partial charge is 0.123 e. The Bertz CT molecular complexity index is 490. The lowest BCUT2D eigenvalue weighted by Gasteiger charge is -2.08. The van der Waals surface area contributed by atoms with Crippen LogP contribution in [0.1, 0.15) is 5.56 Å². The highest BCUT2D eigenvalue weighted by molar-refractivity contribution is 7.98. The summed E-state index contributed by atoms with van der Waals surface area (Å²) in [5.41, 5.74) is 7.55. The number of nitrogens with two attached hydrogens (primary N) is 1. The third-order valence-corrected chi connectivity index (χ3v) is 3.18. The topological polar surface area (TPSA) is 61.0 Å². The van der Waals surface area contributed by atoms with Crippen LogP contribution in [-0.4, -0.2) is 17.1 Å². The first-order chi connectivity index (χ1) is 8.29. The van der Waals surface area contributed by atoms with Crippen LogP contribution in [0.5, 0.6) is 5.75 Å². The minimum Gasteiger partial charge on any atom is -0.496 e. The summed E-state index contributed by atoms with van der Waals surface area (Å²) in [7, 11) is 1.65. The number of methoxy groups -OCH3 is 1. The fourth-order valence-corrected chi connectivity index (χ4v) is 2.22. The van der Waals surface area contributed by atoms with Crippen molar-refractivity contribution < 1.29 is 4.74 Å². The Morgan fingerprint density at radius 1 is 1.35 bits per heavy atom. The van der Waals surface area contributed by atoms with E-state index >= 15 is 0 Å². The lowest BCUT2D eigenvalue weighted by Crippen LogP contribution is -1.93. The van der Waals surface area contributed by atoms with Crippen molar-refractivity contribution in [1.29, 1.82) is 0 Å². The third kappa shape index (κ3) is 3.10. The first kappa shape index (κ1) is 11.7. The van der Waals surface area contributed by atoms with Crippen LogP contribution in [0.15, 0.2) is 41.8 Å². The van der Waals surface area contributed by atoms with Gasteiger partial charge in [-0.2, -0.15) is 0 Å². The molecule has 1 heterocycles. The van der Waals surface area contributed by atoms with Crippen molar-refractivity contribution >= 4 is 17.4 Å². The summed E-state index contributed by atoms with van der Waals surface area (Å²) in [6.07, 6.45) is 5.08. The van der Waals surface area contributed by atoms with Gasteiger partial charge in [-0.1, -0.05) is 11.8 Å². The maximum Gasteiger partial charge on any atom is 0.123 e. The van der Waals surface area contributed by atoms with E-state index in [4.69, 9.17) is 10.5 Å². The fraction of sp³-hybridized carbons (Fsp3) is 0.167. The van der Waals surface area contributed by atoms with E-state index < -0.39 is 0 Å². The molecule has 0 bridgehead atoms. The molecule has 0 radical (unpaired) electrons. The number of anilines is 1. The average Bonchev–Trinajstić information content (AvgIpc) is 2.38. The molecule has 0 fully saturated rings. The van der Waals surface area contributed by atoms with Gasteiger partial charge in [-0.05, 0) is 18.2 Å². The summed E-state index contributed by atoms with van der Waals surface area (Å²) in [4.78, 5) is 8.22. The van der Waals surface area contributed by atoms with E-state index in [-0.39, 0.29) is 0 Å². The summed E-state index contributed by atoms with van der Waals surface area (Å²) < 4.78 is 5.28. The molecule has 0 aliphatic rings. The zero-order valence-corrected chi connectivity index (χ0v) is 10.3. The van der Waals surface area contributed by atoms with Gasteiger partial charge in [0.05, 0.1) is 13.3 Å². The van der Waals surface area contributed by atoms with Gasteiger partial charge in [0.1, 0.15) is 10.8 Å². The van der Waals surface area contributed by atoms with Gasteiger partial charge >= 0.3 is 0 Å². The molecule has 0 atom stereocenters. The molecular weight excluding hydrogens is 234 g/mol. The van der Waals surface area contributed by atoms with Crippen molar-refractivity contribution in [2.75, 3.05) is 12.8 Å². The minimum atomic E-state index is 0.737. The number of aromatic nitrogens is 2. The van der Waals surface area contributed by atoms with E-state index in [2.05, 4.69) is 9.97 Å². The first-order valence-electron chi connectivity index (χ1n) is 5.11. The van der Waals surface area contributed by atoms with Crippen molar-refractivity contribution in [1.82, 2.24) is 9.97 Å². The van der Waals surface area contributed by atoms with Crippen molar-refractivity contribution in [2.45, 2.75) is 10.8 Å². The Labute approximate surface area is 104 Å². The standard InChI is InChI=1S/C12H13N3OS/c1-16-11-3-2-10(13)6-9(11)8-17-12-7-14-4-5-15-12/h2-7H,8,13H2,1H3. The predicted octanol–water partition coefficient (Wildman–Crippen LogP) is 2.36. The Morgan fingerprint density at radius 3 is 2.94 bits per heavy atom. The molecule has 0 saturated carbocycles. The van der Waals surface area contributed by atoms with Crippen LogP contribution < -0.4 is 10.5 Å². The molecule has 2 aromatic rings. The van der Waals surface area contributed by atoms with Gasteiger partial charge in [0, 0.05) is 29.4 Å². The highest BCUT2D eigenvalue weighted by atomic mass is 32.2. The third-order valence-electron chi connectivity index (χ3n) is 2.22. The number of thioether (sulfide) groups is 1. The number of hydrogen-bond donors (Lipinski definition) is 1. The average molecular weight is 247 g/mol. The highest BCUT2D eigenvalue weighted by Gasteiger charge is 2.04. The van der Waals surface area contributed by atoms with E-state index in [0.717, 1.165) is 27.8 Å². The second kappa shape index (κ2) is 5.54. The van der Waals surface area contributed by atoms with Crippen LogP contribution in [0, 0.1) is 0 Å². The SMILES string of the molecule is COc1ccc(N)cc1CSc1cnccn1. The van der Waals surface area contributed by atoms with Gasteiger partial charge in [0.15, 0.2) is 0 Å². The molecule has 0 aliphatic heterocycles. The van der Waals surface area contributed by atoms with Gasteiger partial charge in [0.2, 0.25) is 0 Å². The molecule has 0 aliphatic carbocycles. The number of ether oxygens (including phenoxy) is 1. The van der Waals surface area contributed by atoms with Gasteiger partial charge in [-0.3, -0.25) is 4.98 Å². The lowest BCUT2D eigenvalue weighted by molar-refractivity contribution is 0.411.